The minimum atomic E-state index is -0.150. The zero-order valence-corrected chi connectivity index (χ0v) is 14.9. The molecule has 2 N–H and O–H groups in total. The van der Waals surface area contributed by atoms with Gasteiger partial charge in [0, 0.05) is 28.9 Å². The maximum atomic E-state index is 12.3. The van der Waals surface area contributed by atoms with Crippen LogP contribution in [0.4, 0.5) is 11.4 Å². The van der Waals surface area contributed by atoms with E-state index in [2.05, 4.69) is 10.6 Å². The van der Waals surface area contributed by atoms with Crippen LogP contribution in [0.2, 0.25) is 0 Å². The number of carbonyl (C=O) groups is 2. The average Bonchev–Trinajstić information content (AvgIpc) is 3.49. The molecule has 1 aliphatic rings. The third kappa shape index (κ3) is 4.53. The van der Waals surface area contributed by atoms with Gasteiger partial charge in [-0.2, -0.15) is 0 Å². The number of hydrogen-bond donors (Lipinski definition) is 2. The summed E-state index contributed by atoms with van der Waals surface area (Å²) < 4.78 is 10.5. The maximum Gasteiger partial charge on any atom is 0.228 e. The molecule has 0 aromatic heterocycles. The van der Waals surface area contributed by atoms with Crippen molar-refractivity contribution in [2.75, 3.05) is 24.9 Å². The fraction of sp³-hybridized carbons (Fsp3) is 0.300. The van der Waals surface area contributed by atoms with Crippen molar-refractivity contribution in [3.63, 3.8) is 0 Å². The molecule has 0 spiro atoms. The summed E-state index contributed by atoms with van der Waals surface area (Å²) in [6.45, 7) is 0. The Kier molecular flexibility index (Phi) is 5.41. The molecule has 3 rings (SSSR count). The van der Waals surface area contributed by atoms with E-state index in [4.69, 9.17) is 9.47 Å². The Morgan fingerprint density at radius 3 is 2.19 bits per heavy atom. The van der Waals surface area contributed by atoms with E-state index in [1.165, 1.54) is 0 Å². The minimum absolute atomic E-state index is 0.0633. The normalized spacial score (nSPS) is 13.0. The van der Waals surface area contributed by atoms with Crippen LogP contribution in [0.1, 0.15) is 18.4 Å². The highest BCUT2D eigenvalue weighted by Gasteiger charge is 2.29. The van der Waals surface area contributed by atoms with Crippen molar-refractivity contribution in [1.82, 2.24) is 0 Å². The number of nitrogens with one attached hydrogen (secondary N) is 2. The van der Waals surface area contributed by atoms with Gasteiger partial charge in [0.05, 0.1) is 20.6 Å². The van der Waals surface area contributed by atoms with Crippen LogP contribution in [0.15, 0.2) is 42.5 Å². The molecule has 6 heteroatoms. The SMILES string of the molecule is COc1ccc(CC(=O)Nc2ccc(NC(=O)C3CC3)cc2)c(OC)c1. The molecule has 0 heterocycles. The quantitative estimate of drug-likeness (QED) is 0.800. The van der Waals surface area contributed by atoms with Gasteiger partial charge in [-0.15, -0.1) is 0 Å². The van der Waals surface area contributed by atoms with Crippen molar-refractivity contribution in [3.05, 3.63) is 48.0 Å². The number of amides is 2. The van der Waals surface area contributed by atoms with Crippen LogP contribution in [0.25, 0.3) is 0 Å². The van der Waals surface area contributed by atoms with Crippen molar-refractivity contribution in [1.29, 1.82) is 0 Å². The smallest absolute Gasteiger partial charge is 0.228 e. The fourth-order valence-corrected chi connectivity index (χ4v) is 2.60. The predicted molar refractivity (Wildman–Crippen MR) is 99.7 cm³/mol. The average molecular weight is 354 g/mol. The molecular weight excluding hydrogens is 332 g/mol. The third-order valence-corrected chi connectivity index (χ3v) is 4.23. The van der Waals surface area contributed by atoms with Gasteiger partial charge < -0.3 is 20.1 Å². The van der Waals surface area contributed by atoms with E-state index < -0.39 is 0 Å². The van der Waals surface area contributed by atoms with E-state index in [9.17, 15) is 9.59 Å². The summed E-state index contributed by atoms with van der Waals surface area (Å²) >= 11 is 0. The van der Waals surface area contributed by atoms with Crippen molar-refractivity contribution in [2.45, 2.75) is 19.3 Å². The van der Waals surface area contributed by atoms with E-state index in [0.29, 0.717) is 17.2 Å². The number of hydrogen-bond acceptors (Lipinski definition) is 4. The number of carbonyl (C=O) groups excluding carboxylic acids is 2. The lowest BCUT2D eigenvalue weighted by atomic mass is 10.1. The van der Waals surface area contributed by atoms with E-state index in [1.54, 1.807) is 50.6 Å². The molecule has 136 valence electrons. The molecular formula is C20H22N2O4. The highest BCUT2D eigenvalue weighted by molar-refractivity contribution is 5.95. The lowest BCUT2D eigenvalue weighted by Gasteiger charge is -2.11. The van der Waals surface area contributed by atoms with Crippen LogP contribution in [-0.2, 0) is 16.0 Å². The summed E-state index contributed by atoms with van der Waals surface area (Å²) in [6.07, 6.45) is 2.12. The Morgan fingerprint density at radius 2 is 1.62 bits per heavy atom. The van der Waals surface area contributed by atoms with Crippen LogP contribution in [0, 0.1) is 5.92 Å². The lowest BCUT2D eigenvalue weighted by Crippen LogP contribution is -2.15. The van der Waals surface area contributed by atoms with E-state index in [0.717, 1.165) is 24.1 Å². The molecule has 1 saturated carbocycles. The summed E-state index contributed by atoms with van der Waals surface area (Å²) in [4.78, 5) is 24.0. The molecule has 1 aliphatic carbocycles. The highest BCUT2D eigenvalue weighted by Crippen LogP contribution is 2.30. The predicted octanol–water partition coefficient (Wildman–Crippen LogP) is 3.23. The summed E-state index contributed by atoms with van der Waals surface area (Å²) in [7, 11) is 3.14. The first-order valence-corrected chi connectivity index (χ1v) is 8.50. The van der Waals surface area contributed by atoms with Crippen LogP contribution in [-0.4, -0.2) is 26.0 Å². The summed E-state index contributed by atoms with van der Waals surface area (Å²) in [5, 5.41) is 5.72. The zero-order valence-electron chi connectivity index (χ0n) is 14.9. The molecule has 0 aliphatic heterocycles. The molecule has 2 aromatic rings. The van der Waals surface area contributed by atoms with Crippen LogP contribution in [0.3, 0.4) is 0 Å². The second-order valence-corrected chi connectivity index (χ2v) is 6.24. The Morgan fingerprint density at radius 1 is 0.962 bits per heavy atom. The van der Waals surface area contributed by atoms with Gasteiger partial charge in [0.15, 0.2) is 0 Å². The van der Waals surface area contributed by atoms with Crippen molar-refractivity contribution in [2.24, 2.45) is 5.92 Å². The molecule has 0 bridgehead atoms. The van der Waals surface area contributed by atoms with Gasteiger partial charge in [-0.3, -0.25) is 9.59 Å². The Hall–Kier alpha value is -3.02. The Bertz CT molecular complexity index is 798. The Balaban J connectivity index is 1.58. The molecule has 2 aromatic carbocycles. The first-order chi connectivity index (χ1) is 12.6. The topological polar surface area (TPSA) is 76.7 Å². The number of methoxy groups -OCH3 is 2. The zero-order chi connectivity index (χ0) is 18.5. The number of benzene rings is 2. The van der Waals surface area contributed by atoms with E-state index in [-0.39, 0.29) is 24.2 Å². The van der Waals surface area contributed by atoms with Gasteiger partial charge in [-0.25, -0.2) is 0 Å². The Labute approximate surface area is 152 Å². The fourth-order valence-electron chi connectivity index (χ4n) is 2.60. The summed E-state index contributed by atoms with van der Waals surface area (Å²) in [5.74, 6) is 1.36. The molecule has 6 nitrogen and oxygen atoms in total. The third-order valence-electron chi connectivity index (χ3n) is 4.23. The second kappa shape index (κ2) is 7.91. The van der Waals surface area contributed by atoms with Gasteiger partial charge in [0.2, 0.25) is 11.8 Å². The van der Waals surface area contributed by atoms with Crippen molar-refractivity contribution < 1.29 is 19.1 Å². The second-order valence-electron chi connectivity index (χ2n) is 6.24. The standard InChI is InChI=1S/C20H22N2O4/c1-25-17-10-5-14(18(12-17)26-2)11-19(23)21-15-6-8-16(9-7-15)22-20(24)13-3-4-13/h5-10,12-13H,3-4,11H2,1-2H3,(H,21,23)(H,22,24). The van der Waals surface area contributed by atoms with E-state index >= 15 is 0 Å². The number of ether oxygens (including phenoxy) is 2. The molecule has 0 radical (unpaired) electrons. The minimum Gasteiger partial charge on any atom is -0.497 e. The van der Waals surface area contributed by atoms with Gasteiger partial charge in [-0.05, 0) is 43.2 Å². The lowest BCUT2D eigenvalue weighted by molar-refractivity contribution is -0.117. The number of anilines is 2. The van der Waals surface area contributed by atoms with Gasteiger partial charge in [-0.1, -0.05) is 6.07 Å². The van der Waals surface area contributed by atoms with Crippen molar-refractivity contribution in [3.8, 4) is 11.5 Å². The maximum absolute atomic E-state index is 12.3. The molecule has 26 heavy (non-hydrogen) atoms. The monoisotopic (exact) mass is 354 g/mol. The molecule has 0 atom stereocenters. The van der Waals surface area contributed by atoms with Gasteiger partial charge >= 0.3 is 0 Å². The largest absolute Gasteiger partial charge is 0.497 e. The van der Waals surface area contributed by atoms with E-state index in [1.807, 2.05) is 6.07 Å². The van der Waals surface area contributed by atoms with Crippen molar-refractivity contribution >= 4 is 23.2 Å². The molecule has 0 unspecified atom stereocenters. The first-order valence-electron chi connectivity index (χ1n) is 8.50. The molecule has 0 saturated heterocycles. The number of rotatable bonds is 7. The molecule has 2 amide bonds. The summed E-state index contributed by atoms with van der Waals surface area (Å²) in [6, 6.07) is 12.5. The molecule has 1 fully saturated rings. The van der Waals surface area contributed by atoms with Crippen LogP contribution in [0.5, 0.6) is 11.5 Å². The summed E-state index contributed by atoms with van der Waals surface area (Å²) in [5.41, 5.74) is 2.18. The first kappa shape index (κ1) is 17.8. The highest BCUT2D eigenvalue weighted by atomic mass is 16.5. The van der Waals surface area contributed by atoms with Gasteiger partial charge in [0.1, 0.15) is 11.5 Å². The van der Waals surface area contributed by atoms with Crippen LogP contribution >= 0.6 is 0 Å². The van der Waals surface area contributed by atoms with Gasteiger partial charge in [0.25, 0.3) is 0 Å². The van der Waals surface area contributed by atoms with Crippen LogP contribution < -0.4 is 20.1 Å².